The van der Waals surface area contributed by atoms with E-state index in [0.717, 1.165) is 19.3 Å². The Hall–Kier alpha value is -2.51. The van der Waals surface area contributed by atoms with E-state index < -0.39 is 0 Å². The molecule has 0 amide bonds. The van der Waals surface area contributed by atoms with E-state index in [2.05, 4.69) is 83.5 Å². The summed E-state index contributed by atoms with van der Waals surface area (Å²) < 4.78 is 2.42. The molecule has 26 heavy (non-hydrogen) atoms. The number of halogens is 1. The van der Waals surface area contributed by atoms with Crippen molar-refractivity contribution in [2.75, 3.05) is 0 Å². The third-order valence-corrected chi connectivity index (χ3v) is 5.73. The Balaban J connectivity index is 1.75. The Bertz CT molecular complexity index is 1010. The number of aromatic nitrogens is 1. The van der Waals surface area contributed by atoms with Crippen LogP contribution in [0.1, 0.15) is 34.5 Å². The third kappa shape index (κ3) is 2.55. The molecule has 0 saturated carbocycles. The molecule has 1 atom stereocenters. The SMILES string of the molecule is ClC1C=Cc2c3c(n(-c4ccccc4)c2C1)C=C(c1ccccc1)CC3. The molecule has 3 aromatic rings. The lowest BCUT2D eigenvalue weighted by atomic mass is 9.89. The first kappa shape index (κ1) is 15.7. The lowest BCUT2D eigenvalue weighted by Gasteiger charge is -2.18. The molecule has 1 aromatic heterocycles. The van der Waals surface area contributed by atoms with Crippen LogP contribution in [0, 0.1) is 0 Å². The highest BCUT2D eigenvalue weighted by Crippen LogP contribution is 2.39. The summed E-state index contributed by atoms with van der Waals surface area (Å²) in [6.07, 6.45) is 9.79. The van der Waals surface area contributed by atoms with E-state index in [9.17, 15) is 0 Å². The molecule has 0 radical (unpaired) electrons. The number of fused-ring (bicyclic) bond motifs is 3. The third-order valence-electron chi connectivity index (χ3n) is 5.43. The number of allylic oxidation sites excluding steroid dienone is 2. The molecule has 2 aliphatic carbocycles. The molecular formula is C24H20ClN. The van der Waals surface area contributed by atoms with Gasteiger partial charge in [0.05, 0.1) is 5.38 Å². The highest BCUT2D eigenvalue weighted by Gasteiger charge is 2.27. The Labute approximate surface area is 159 Å². The first-order valence-electron chi connectivity index (χ1n) is 9.21. The van der Waals surface area contributed by atoms with Crippen molar-refractivity contribution in [3.63, 3.8) is 0 Å². The highest BCUT2D eigenvalue weighted by atomic mass is 35.5. The average Bonchev–Trinajstić information content (AvgIpc) is 3.02. The van der Waals surface area contributed by atoms with Gasteiger partial charge in [-0.05, 0) is 53.3 Å². The molecule has 0 bridgehead atoms. The van der Waals surface area contributed by atoms with E-state index in [0.29, 0.717) is 0 Å². The quantitative estimate of drug-likeness (QED) is 0.485. The first-order chi connectivity index (χ1) is 12.8. The Morgan fingerprint density at radius 2 is 1.62 bits per heavy atom. The van der Waals surface area contributed by atoms with Crippen LogP contribution in [0.2, 0.25) is 0 Å². The zero-order chi connectivity index (χ0) is 17.5. The predicted molar refractivity (Wildman–Crippen MR) is 111 cm³/mol. The minimum Gasteiger partial charge on any atom is -0.313 e. The van der Waals surface area contributed by atoms with Gasteiger partial charge in [0.15, 0.2) is 0 Å². The number of rotatable bonds is 2. The standard InChI is InChI=1S/C24H20ClN/c25-19-12-14-22-21-13-11-18(17-7-3-1-4-8-17)15-23(21)26(24(22)16-19)20-9-5-2-6-10-20/h1-10,12,14-15,19H,11,13,16H2. The van der Waals surface area contributed by atoms with E-state index in [1.54, 1.807) is 0 Å². The lowest BCUT2D eigenvalue weighted by Crippen LogP contribution is -2.11. The number of hydrogen-bond donors (Lipinski definition) is 0. The van der Waals surface area contributed by atoms with Gasteiger partial charge < -0.3 is 4.57 Å². The summed E-state index contributed by atoms with van der Waals surface area (Å²) in [5.41, 5.74) is 9.46. The van der Waals surface area contributed by atoms with Gasteiger partial charge in [0, 0.05) is 23.5 Å². The van der Waals surface area contributed by atoms with Gasteiger partial charge in [0.25, 0.3) is 0 Å². The van der Waals surface area contributed by atoms with Crippen LogP contribution >= 0.6 is 11.6 Å². The van der Waals surface area contributed by atoms with Gasteiger partial charge in [-0.15, -0.1) is 11.6 Å². The fraction of sp³-hybridized carbons (Fsp3) is 0.167. The summed E-state index contributed by atoms with van der Waals surface area (Å²) in [5, 5.41) is 0.0684. The van der Waals surface area contributed by atoms with Crippen LogP contribution in [0.3, 0.4) is 0 Å². The molecule has 0 fully saturated rings. The molecule has 0 saturated heterocycles. The van der Waals surface area contributed by atoms with Crippen LogP contribution in [-0.2, 0) is 12.8 Å². The number of para-hydroxylation sites is 1. The van der Waals surface area contributed by atoms with Crippen molar-refractivity contribution in [1.82, 2.24) is 4.57 Å². The van der Waals surface area contributed by atoms with Crippen LogP contribution in [-0.4, -0.2) is 9.94 Å². The molecule has 1 nitrogen and oxygen atoms in total. The van der Waals surface area contributed by atoms with Crippen molar-refractivity contribution in [3.05, 3.63) is 94.8 Å². The van der Waals surface area contributed by atoms with E-state index in [1.807, 2.05) is 0 Å². The summed E-state index contributed by atoms with van der Waals surface area (Å²) in [7, 11) is 0. The van der Waals surface area contributed by atoms with Gasteiger partial charge >= 0.3 is 0 Å². The fourth-order valence-electron chi connectivity index (χ4n) is 4.23. The van der Waals surface area contributed by atoms with E-state index >= 15 is 0 Å². The van der Waals surface area contributed by atoms with Crippen LogP contribution in [0.5, 0.6) is 0 Å². The summed E-state index contributed by atoms with van der Waals surface area (Å²) in [6, 6.07) is 21.4. The van der Waals surface area contributed by atoms with E-state index in [1.165, 1.54) is 39.3 Å². The van der Waals surface area contributed by atoms with Gasteiger partial charge in [0.1, 0.15) is 0 Å². The molecule has 0 aliphatic heterocycles. The van der Waals surface area contributed by atoms with Gasteiger partial charge in [-0.1, -0.05) is 60.7 Å². The Morgan fingerprint density at radius 1 is 0.885 bits per heavy atom. The van der Waals surface area contributed by atoms with Gasteiger partial charge in [-0.3, -0.25) is 0 Å². The average molecular weight is 358 g/mol. The van der Waals surface area contributed by atoms with Crippen molar-refractivity contribution < 1.29 is 0 Å². The molecule has 128 valence electrons. The van der Waals surface area contributed by atoms with Crippen molar-refractivity contribution >= 4 is 29.3 Å². The van der Waals surface area contributed by atoms with Gasteiger partial charge in [0.2, 0.25) is 0 Å². The monoisotopic (exact) mass is 357 g/mol. The molecule has 1 unspecified atom stereocenters. The number of hydrogen-bond acceptors (Lipinski definition) is 0. The maximum atomic E-state index is 6.48. The summed E-state index contributed by atoms with van der Waals surface area (Å²) in [6.45, 7) is 0. The van der Waals surface area contributed by atoms with Crippen molar-refractivity contribution in [3.8, 4) is 5.69 Å². The predicted octanol–water partition coefficient (Wildman–Crippen LogP) is 6.14. The maximum Gasteiger partial charge on any atom is 0.0574 e. The maximum absolute atomic E-state index is 6.48. The van der Waals surface area contributed by atoms with Crippen LogP contribution < -0.4 is 0 Å². The van der Waals surface area contributed by atoms with E-state index in [-0.39, 0.29) is 5.38 Å². The number of alkyl halides is 1. The summed E-state index contributed by atoms with van der Waals surface area (Å²) >= 11 is 6.48. The normalized spacial score (nSPS) is 18.2. The highest BCUT2D eigenvalue weighted by molar-refractivity contribution is 6.22. The number of nitrogens with zero attached hydrogens (tertiary/aromatic N) is 1. The largest absolute Gasteiger partial charge is 0.313 e. The van der Waals surface area contributed by atoms with E-state index in [4.69, 9.17) is 11.6 Å². The second-order valence-electron chi connectivity index (χ2n) is 7.01. The molecular weight excluding hydrogens is 338 g/mol. The van der Waals surface area contributed by atoms with Gasteiger partial charge in [-0.25, -0.2) is 0 Å². The lowest BCUT2D eigenvalue weighted by molar-refractivity contribution is 0.873. The topological polar surface area (TPSA) is 4.93 Å². The minimum atomic E-state index is 0.0684. The zero-order valence-corrected chi connectivity index (χ0v) is 15.3. The van der Waals surface area contributed by atoms with Crippen LogP contribution in [0.25, 0.3) is 23.4 Å². The van der Waals surface area contributed by atoms with Gasteiger partial charge in [-0.2, -0.15) is 0 Å². The Morgan fingerprint density at radius 3 is 2.38 bits per heavy atom. The van der Waals surface area contributed by atoms with Crippen LogP contribution in [0.15, 0.2) is 66.7 Å². The van der Waals surface area contributed by atoms with Crippen molar-refractivity contribution in [2.24, 2.45) is 0 Å². The van der Waals surface area contributed by atoms with Crippen molar-refractivity contribution in [2.45, 2.75) is 24.6 Å². The Kier molecular flexibility index (Phi) is 3.83. The summed E-state index contributed by atoms with van der Waals surface area (Å²) in [4.78, 5) is 0. The minimum absolute atomic E-state index is 0.0684. The molecule has 2 aromatic carbocycles. The molecule has 1 heterocycles. The fourth-order valence-corrected chi connectivity index (χ4v) is 4.45. The zero-order valence-electron chi connectivity index (χ0n) is 14.5. The second kappa shape index (κ2) is 6.34. The first-order valence-corrected chi connectivity index (χ1v) is 9.65. The molecule has 0 N–H and O–H groups in total. The van der Waals surface area contributed by atoms with Crippen LogP contribution in [0.4, 0.5) is 0 Å². The number of benzene rings is 2. The molecule has 0 spiro atoms. The smallest absolute Gasteiger partial charge is 0.0574 e. The molecule has 2 aliphatic rings. The molecule has 5 rings (SSSR count). The summed E-state index contributed by atoms with van der Waals surface area (Å²) in [5.74, 6) is 0. The second-order valence-corrected chi connectivity index (χ2v) is 7.57. The van der Waals surface area contributed by atoms with Crippen molar-refractivity contribution in [1.29, 1.82) is 0 Å². The molecule has 2 heteroatoms.